The first kappa shape index (κ1) is 19.3. The molecule has 0 saturated heterocycles. The first-order chi connectivity index (χ1) is 13.5. The smallest absolute Gasteiger partial charge is 0.268 e. The molecule has 28 heavy (non-hydrogen) atoms. The van der Waals surface area contributed by atoms with Crippen LogP contribution in [0, 0.1) is 0 Å². The first-order valence-corrected chi connectivity index (χ1v) is 8.71. The summed E-state index contributed by atoms with van der Waals surface area (Å²) in [6, 6.07) is 7.25. The molecule has 0 spiro atoms. The number of fused-ring (bicyclic) bond motifs is 1. The SMILES string of the molecule is COc1cc(OC)c2cc(C(=O)NCc3cccnc3N(C)C)[nH]c2c1OC. The molecule has 1 aromatic carbocycles. The molecular formula is C20H24N4O4. The standard InChI is InChI=1S/C20H24N4O4/c1-24(2)19-12(7-6-8-21-19)11-22-20(25)14-9-13-15(26-3)10-16(27-4)18(28-5)17(13)23-14/h6-10,23H,11H2,1-5H3,(H,22,25). The van der Waals surface area contributed by atoms with Gasteiger partial charge in [0.25, 0.3) is 5.91 Å². The molecule has 3 rings (SSSR count). The highest BCUT2D eigenvalue weighted by atomic mass is 16.5. The largest absolute Gasteiger partial charge is 0.496 e. The molecule has 2 heterocycles. The Morgan fingerprint density at radius 3 is 2.54 bits per heavy atom. The highest BCUT2D eigenvalue weighted by Crippen LogP contribution is 2.41. The number of rotatable bonds is 7. The molecule has 0 fully saturated rings. The summed E-state index contributed by atoms with van der Waals surface area (Å²) in [6.45, 7) is 0.354. The molecule has 0 saturated carbocycles. The summed E-state index contributed by atoms with van der Waals surface area (Å²) in [7, 11) is 8.50. The third-order valence-electron chi connectivity index (χ3n) is 4.42. The van der Waals surface area contributed by atoms with Gasteiger partial charge in [0.1, 0.15) is 17.3 Å². The van der Waals surface area contributed by atoms with Crippen LogP contribution in [-0.4, -0.2) is 51.3 Å². The Hall–Kier alpha value is -3.42. The highest BCUT2D eigenvalue weighted by molar-refractivity contribution is 6.02. The van der Waals surface area contributed by atoms with E-state index in [0.29, 0.717) is 35.0 Å². The number of methoxy groups -OCH3 is 3. The molecule has 2 N–H and O–H groups in total. The summed E-state index contributed by atoms with van der Waals surface area (Å²) in [6.07, 6.45) is 1.73. The van der Waals surface area contributed by atoms with Crippen molar-refractivity contribution >= 4 is 22.6 Å². The van der Waals surface area contributed by atoms with Crippen molar-refractivity contribution in [3.05, 3.63) is 41.7 Å². The van der Waals surface area contributed by atoms with Crippen LogP contribution in [0.4, 0.5) is 5.82 Å². The molecule has 3 aromatic rings. The zero-order chi connectivity index (χ0) is 20.3. The lowest BCUT2D eigenvalue weighted by Crippen LogP contribution is -2.24. The summed E-state index contributed by atoms with van der Waals surface area (Å²) in [5.74, 6) is 2.19. The fourth-order valence-electron chi connectivity index (χ4n) is 3.10. The number of H-pyrrole nitrogens is 1. The van der Waals surface area contributed by atoms with Gasteiger partial charge >= 0.3 is 0 Å². The minimum absolute atomic E-state index is 0.243. The number of anilines is 1. The second kappa shape index (κ2) is 8.08. The van der Waals surface area contributed by atoms with Crippen LogP contribution in [0.1, 0.15) is 16.1 Å². The van der Waals surface area contributed by atoms with Gasteiger partial charge in [-0.25, -0.2) is 4.98 Å². The molecule has 0 unspecified atom stereocenters. The van der Waals surface area contributed by atoms with Crippen LogP contribution in [0.3, 0.4) is 0 Å². The van der Waals surface area contributed by atoms with Gasteiger partial charge in [-0.2, -0.15) is 0 Å². The third-order valence-corrected chi connectivity index (χ3v) is 4.42. The Morgan fingerprint density at radius 1 is 1.14 bits per heavy atom. The molecule has 0 aliphatic rings. The first-order valence-electron chi connectivity index (χ1n) is 8.71. The number of amides is 1. The van der Waals surface area contributed by atoms with E-state index in [1.807, 2.05) is 31.1 Å². The number of carbonyl (C=O) groups excluding carboxylic acids is 1. The second-order valence-corrected chi connectivity index (χ2v) is 6.35. The molecule has 148 valence electrons. The predicted molar refractivity (Wildman–Crippen MR) is 108 cm³/mol. The van der Waals surface area contributed by atoms with Crippen molar-refractivity contribution in [2.45, 2.75) is 6.54 Å². The van der Waals surface area contributed by atoms with E-state index in [-0.39, 0.29) is 5.91 Å². The lowest BCUT2D eigenvalue weighted by molar-refractivity contribution is 0.0947. The average molecular weight is 384 g/mol. The molecule has 8 nitrogen and oxygen atoms in total. The Labute approximate surface area is 163 Å². The molecule has 1 amide bonds. The summed E-state index contributed by atoms with van der Waals surface area (Å²) in [5.41, 5.74) is 1.96. The van der Waals surface area contributed by atoms with Crippen molar-refractivity contribution in [2.24, 2.45) is 0 Å². The number of hydrogen-bond donors (Lipinski definition) is 2. The number of benzene rings is 1. The summed E-state index contributed by atoms with van der Waals surface area (Å²) in [4.78, 5) is 22.1. The normalized spacial score (nSPS) is 10.6. The molecule has 0 radical (unpaired) electrons. The van der Waals surface area contributed by atoms with Crippen LogP contribution >= 0.6 is 0 Å². The van der Waals surface area contributed by atoms with Crippen LogP contribution in [0.5, 0.6) is 17.2 Å². The van der Waals surface area contributed by atoms with Gasteiger partial charge in [0.2, 0.25) is 0 Å². The number of aromatic nitrogens is 2. The van der Waals surface area contributed by atoms with Gasteiger partial charge < -0.3 is 29.4 Å². The van der Waals surface area contributed by atoms with Crippen molar-refractivity contribution in [3.8, 4) is 17.2 Å². The minimum Gasteiger partial charge on any atom is -0.496 e. The lowest BCUT2D eigenvalue weighted by Gasteiger charge is -2.15. The van der Waals surface area contributed by atoms with Gasteiger partial charge in [0, 0.05) is 43.9 Å². The Bertz CT molecular complexity index is 997. The van der Waals surface area contributed by atoms with Crippen LogP contribution < -0.4 is 24.4 Å². The Morgan fingerprint density at radius 2 is 1.89 bits per heavy atom. The van der Waals surface area contributed by atoms with Gasteiger partial charge in [0.15, 0.2) is 11.5 Å². The van der Waals surface area contributed by atoms with Crippen molar-refractivity contribution < 1.29 is 19.0 Å². The van der Waals surface area contributed by atoms with Crippen LogP contribution in [0.25, 0.3) is 10.9 Å². The van der Waals surface area contributed by atoms with Gasteiger partial charge in [-0.05, 0) is 12.1 Å². The number of aromatic amines is 1. The molecular weight excluding hydrogens is 360 g/mol. The minimum atomic E-state index is -0.243. The zero-order valence-electron chi connectivity index (χ0n) is 16.6. The van der Waals surface area contributed by atoms with Crippen LogP contribution in [0.15, 0.2) is 30.5 Å². The molecule has 0 atom stereocenters. The molecule has 0 bridgehead atoms. The number of nitrogens with zero attached hydrogens (tertiary/aromatic N) is 2. The molecule has 2 aromatic heterocycles. The van der Waals surface area contributed by atoms with Gasteiger partial charge in [-0.3, -0.25) is 4.79 Å². The topological polar surface area (TPSA) is 88.7 Å². The van der Waals surface area contributed by atoms with Crippen LogP contribution in [-0.2, 0) is 6.54 Å². The van der Waals surface area contributed by atoms with E-state index in [1.165, 1.54) is 0 Å². The zero-order valence-corrected chi connectivity index (χ0v) is 16.6. The van der Waals surface area contributed by atoms with E-state index in [4.69, 9.17) is 14.2 Å². The fraction of sp³-hybridized carbons (Fsp3) is 0.300. The van der Waals surface area contributed by atoms with E-state index in [9.17, 15) is 4.79 Å². The van der Waals surface area contributed by atoms with Crippen molar-refractivity contribution in [1.82, 2.24) is 15.3 Å². The number of carbonyl (C=O) groups is 1. The average Bonchev–Trinajstić information content (AvgIpc) is 3.16. The van der Waals surface area contributed by atoms with Crippen molar-refractivity contribution in [3.63, 3.8) is 0 Å². The van der Waals surface area contributed by atoms with E-state index in [2.05, 4.69) is 15.3 Å². The van der Waals surface area contributed by atoms with E-state index in [1.54, 1.807) is 39.7 Å². The summed E-state index contributed by atoms with van der Waals surface area (Å²) < 4.78 is 16.2. The van der Waals surface area contributed by atoms with Gasteiger partial charge in [0.05, 0.1) is 26.8 Å². The quantitative estimate of drug-likeness (QED) is 0.651. The second-order valence-electron chi connectivity index (χ2n) is 6.35. The number of pyridine rings is 1. The Kier molecular flexibility index (Phi) is 5.58. The Balaban J connectivity index is 1.91. The van der Waals surface area contributed by atoms with Crippen molar-refractivity contribution in [1.29, 1.82) is 0 Å². The van der Waals surface area contributed by atoms with Crippen molar-refractivity contribution in [2.75, 3.05) is 40.3 Å². The molecule has 0 aliphatic heterocycles. The van der Waals surface area contributed by atoms with Gasteiger partial charge in [-0.15, -0.1) is 0 Å². The third kappa shape index (κ3) is 3.53. The maximum atomic E-state index is 12.7. The van der Waals surface area contributed by atoms with E-state index >= 15 is 0 Å². The number of ether oxygens (including phenoxy) is 3. The highest BCUT2D eigenvalue weighted by Gasteiger charge is 2.19. The number of nitrogens with one attached hydrogen (secondary N) is 2. The lowest BCUT2D eigenvalue weighted by atomic mass is 10.2. The maximum absolute atomic E-state index is 12.7. The molecule has 0 aliphatic carbocycles. The predicted octanol–water partition coefficient (Wildman–Crippen LogP) is 2.58. The summed E-state index contributed by atoms with van der Waals surface area (Å²) in [5, 5.41) is 3.66. The fourth-order valence-corrected chi connectivity index (χ4v) is 3.10. The molecule has 8 heteroatoms. The number of hydrogen-bond acceptors (Lipinski definition) is 6. The maximum Gasteiger partial charge on any atom is 0.268 e. The van der Waals surface area contributed by atoms with Gasteiger partial charge in [-0.1, -0.05) is 6.07 Å². The van der Waals surface area contributed by atoms with E-state index < -0.39 is 0 Å². The van der Waals surface area contributed by atoms with Crippen LogP contribution in [0.2, 0.25) is 0 Å². The van der Waals surface area contributed by atoms with E-state index in [0.717, 1.165) is 16.8 Å². The summed E-state index contributed by atoms with van der Waals surface area (Å²) >= 11 is 0. The monoisotopic (exact) mass is 384 g/mol.